The molecule has 0 aliphatic heterocycles. The van der Waals surface area contributed by atoms with Crippen molar-refractivity contribution in [2.24, 2.45) is 0 Å². The van der Waals surface area contributed by atoms with E-state index in [-0.39, 0.29) is 0 Å². The number of hydrogen-bond acceptors (Lipinski definition) is 0. The zero-order valence-electron chi connectivity index (χ0n) is 18.1. The Balaban J connectivity index is 0.000000196. The molecule has 0 aliphatic rings. The van der Waals surface area contributed by atoms with Crippen molar-refractivity contribution in [3.63, 3.8) is 0 Å². The van der Waals surface area contributed by atoms with E-state index in [1.165, 1.54) is 21.5 Å². The van der Waals surface area contributed by atoms with Crippen LogP contribution in [0.5, 0.6) is 0 Å². The lowest BCUT2D eigenvalue weighted by Gasteiger charge is -2.18. The lowest BCUT2D eigenvalue weighted by molar-refractivity contribution is 1.21. The summed E-state index contributed by atoms with van der Waals surface area (Å²) < 4.78 is 0. The third-order valence-corrected chi connectivity index (χ3v) is 8.51. The maximum atomic E-state index is 6.07. The number of benzene rings is 4. The summed E-state index contributed by atoms with van der Waals surface area (Å²) in [6, 6.07) is 34.4. The summed E-state index contributed by atoms with van der Waals surface area (Å²) in [6.07, 6.45) is 0. The highest BCUT2D eigenvalue weighted by Gasteiger charge is 2.15. The minimum Gasteiger partial charge on any atom is -0.122 e. The molecule has 0 nitrogen and oxygen atoms in total. The van der Waals surface area contributed by atoms with Gasteiger partial charge in [0, 0.05) is 10.9 Å². The standard InChI is InChI=1S/C18H15P.C10H12Cl2/c1-4-10-16(11-5-1)19(17-12-6-2-7-13-17)18-14-8-3-9-15-18;1-6-4-7(2)10(12)8(3)9(6)5-11/h1-15H;4H,5H2,1-3H3. The molecule has 0 heterocycles. The Hall–Kier alpha value is -2.11. The van der Waals surface area contributed by atoms with Crippen LogP contribution in [-0.4, -0.2) is 0 Å². The Kier molecular flexibility index (Phi) is 8.73. The highest BCUT2D eigenvalue weighted by Crippen LogP contribution is 2.32. The zero-order chi connectivity index (χ0) is 22.2. The Morgan fingerprint density at radius 2 is 1.00 bits per heavy atom. The fraction of sp³-hybridized carbons (Fsp3) is 0.143. The van der Waals surface area contributed by atoms with Crippen molar-refractivity contribution in [2.45, 2.75) is 26.7 Å². The van der Waals surface area contributed by atoms with Crippen LogP contribution in [0.15, 0.2) is 97.1 Å². The van der Waals surface area contributed by atoms with E-state index in [1.807, 2.05) is 13.8 Å². The predicted octanol–water partition coefficient (Wildman–Crippen LogP) is 7.45. The Morgan fingerprint density at radius 1 is 0.613 bits per heavy atom. The zero-order valence-corrected chi connectivity index (χ0v) is 20.6. The number of hydrogen-bond donors (Lipinski definition) is 0. The molecule has 0 radical (unpaired) electrons. The summed E-state index contributed by atoms with van der Waals surface area (Å²) in [5.41, 5.74) is 4.63. The Bertz CT molecular complexity index is 1000. The first-order valence-electron chi connectivity index (χ1n) is 10.3. The molecular formula is C28H27Cl2P. The van der Waals surface area contributed by atoms with Crippen LogP contribution >= 0.6 is 31.1 Å². The van der Waals surface area contributed by atoms with Gasteiger partial charge < -0.3 is 0 Å². The molecule has 0 saturated carbocycles. The fourth-order valence-corrected chi connectivity index (χ4v) is 6.47. The average Bonchev–Trinajstić information content (AvgIpc) is 2.81. The SMILES string of the molecule is Cc1cc(C)c(CCl)c(C)c1Cl.c1ccc(P(c2ccccc2)c2ccccc2)cc1. The van der Waals surface area contributed by atoms with Crippen molar-refractivity contribution < 1.29 is 0 Å². The van der Waals surface area contributed by atoms with Crippen molar-refractivity contribution in [3.05, 3.63) is 124 Å². The van der Waals surface area contributed by atoms with E-state index in [2.05, 4.69) is 104 Å². The monoisotopic (exact) mass is 464 g/mol. The number of halogens is 2. The fourth-order valence-electron chi connectivity index (χ4n) is 3.58. The molecule has 0 aromatic heterocycles. The van der Waals surface area contributed by atoms with E-state index in [0.29, 0.717) is 5.88 Å². The lowest BCUT2D eigenvalue weighted by Crippen LogP contribution is -2.20. The van der Waals surface area contributed by atoms with Crippen LogP contribution < -0.4 is 15.9 Å². The van der Waals surface area contributed by atoms with Crippen LogP contribution in [0.1, 0.15) is 22.3 Å². The van der Waals surface area contributed by atoms with Gasteiger partial charge in [-0.05, 0) is 66.9 Å². The molecule has 0 amide bonds. The molecule has 0 atom stereocenters. The predicted molar refractivity (Wildman–Crippen MR) is 140 cm³/mol. The van der Waals surface area contributed by atoms with Gasteiger partial charge >= 0.3 is 0 Å². The van der Waals surface area contributed by atoms with E-state index >= 15 is 0 Å². The molecule has 0 saturated heterocycles. The summed E-state index contributed by atoms with van der Waals surface area (Å²) in [5.74, 6) is 0.539. The van der Waals surface area contributed by atoms with Gasteiger partial charge in [0.1, 0.15) is 0 Å². The maximum absolute atomic E-state index is 6.07. The molecule has 0 spiro atoms. The summed E-state index contributed by atoms with van der Waals surface area (Å²) in [6.45, 7) is 6.09. The number of alkyl halides is 1. The summed E-state index contributed by atoms with van der Waals surface area (Å²) in [5, 5.41) is 5.04. The van der Waals surface area contributed by atoms with Crippen LogP contribution in [0, 0.1) is 20.8 Å². The van der Waals surface area contributed by atoms with Gasteiger partial charge in [-0.15, -0.1) is 11.6 Å². The number of rotatable bonds is 4. The van der Waals surface area contributed by atoms with Crippen molar-refractivity contribution in [1.82, 2.24) is 0 Å². The van der Waals surface area contributed by atoms with Crippen LogP contribution in [0.25, 0.3) is 0 Å². The van der Waals surface area contributed by atoms with Gasteiger partial charge in [-0.3, -0.25) is 0 Å². The van der Waals surface area contributed by atoms with Gasteiger partial charge in [0.05, 0.1) is 0 Å². The molecule has 4 rings (SSSR count). The second kappa shape index (κ2) is 11.5. The van der Waals surface area contributed by atoms with Gasteiger partial charge in [-0.25, -0.2) is 0 Å². The topological polar surface area (TPSA) is 0 Å². The summed E-state index contributed by atoms with van der Waals surface area (Å²) in [7, 11) is -0.446. The lowest BCUT2D eigenvalue weighted by atomic mass is 10.0. The van der Waals surface area contributed by atoms with Crippen molar-refractivity contribution in [2.75, 3.05) is 0 Å². The molecule has 31 heavy (non-hydrogen) atoms. The molecule has 0 bridgehead atoms. The van der Waals surface area contributed by atoms with Gasteiger partial charge in [-0.2, -0.15) is 0 Å². The molecule has 158 valence electrons. The first-order valence-corrected chi connectivity index (χ1v) is 12.5. The van der Waals surface area contributed by atoms with Gasteiger partial charge in [0.15, 0.2) is 0 Å². The summed E-state index contributed by atoms with van der Waals surface area (Å²) >= 11 is 11.9. The summed E-state index contributed by atoms with van der Waals surface area (Å²) in [4.78, 5) is 0. The quantitative estimate of drug-likeness (QED) is 0.217. The Labute approximate surface area is 197 Å². The van der Waals surface area contributed by atoms with E-state index < -0.39 is 7.92 Å². The first kappa shape index (κ1) is 23.6. The van der Waals surface area contributed by atoms with Crippen molar-refractivity contribution >= 4 is 47.0 Å². The highest BCUT2D eigenvalue weighted by atomic mass is 35.5. The second-order valence-electron chi connectivity index (χ2n) is 7.40. The third-order valence-electron chi connectivity index (χ3n) is 5.21. The van der Waals surface area contributed by atoms with E-state index in [9.17, 15) is 0 Å². The maximum Gasteiger partial charge on any atom is 0.0479 e. The van der Waals surface area contributed by atoms with E-state index in [1.54, 1.807) is 0 Å². The normalized spacial score (nSPS) is 10.5. The minimum atomic E-state index is -0.446. The van der Waals surface area contributed by atoms with Crippen LogP contribution in [-0.2, 0) is 5.88 Å². The van der Waals surface area contributed by atoms with Crippen LogP contribution in [0.4, 0.5) is 0 Å². The molecular weight excluding hydrogens is 438 g/mol. The molecule has 0 N–H and O–H groups in total. The van der Waals surface area contributed by atoms with Crippen LogP contribution in [0.2, 0.25) is 5.02 Å². The largest absolute Gasteiger partial charge is 0.122 e. The van der Waals surface area contributed by atoms with Crippen LogP contribution in [0.3, 0.4) is 0 Å². The van der Waals surface area contributed by atoms with Gasteiger partial charge in [0.2, 0.25) is 0 Å². The third kappa shape index (κ3) is 5.98. The number of aryl methyl sites for hydroxylation is 2. The Morgan fingerprint density at radius 3 is 1.35 bits per heavy atom. The molecule has 3 heteroatoms. The molecule has 4 aromatic carbocycles. The van der Waals surface area contributed by atoms with Gasteiger partial charge in [0.25, 0.3) is 0 Å². The van der Waals surface area contributed by atoms with Crippen molar-refractivity contribution in [1.29, 1.82) is 0 Å². The van der Waals surface area contributed by atoms with Crippen molar-refractivity contribution in [3.8, 4) is 0 Å². The highest BCUT2D eigenvalue weighted by molar-refractivity contribution is 7.79. The van der Waals surface area contributed by atoms with E-state index in [4.69, 9.17) is 23.2 Å². The van der Waals surface area contributed by atoms with E-state index in [0.717, 1.165) is 21.7 Å². The average molecular weight is 465 g/mol. The van der Waals surface area contributed by atoms with Gasteiger partial charge in [-0.1, -0.05) is 109 Å². The minimum absolute atomic E-state index is 0.446. The smallest absolute Gasteiger partial charge is 0.0479 e. The molecule has 0 fully saturated rings. The molecule has 0 aliphatic carbocycles. The molecule has 4 aromatic rings. The second-order valence-corrected chi connectivity index (χ2v) is 10.3. The molecule has 0 unspecified atom stereocenters. The first-order chi connectivity index (χ1) is 15.0.